The second-order valence-electron chi connectivity index (χ2n) is 6.43. The van der Waals surface area contributed by atoms with E-state index in [-0.39, 0.29) is 6.04 Å². The maximum Gasteiger partial charge on any atom is 0.416 e. The van der Waals surface area contributed by atoms with Crippen LogP contribution in [0.25, 0.3) is 0 Å². The molecule has 3 rings (SSSR count). The van der Waals surface area contributed by atoms with Crippen molar-refractivity contribution in [2.75, 3.05) is 32.4 Å². The summed E-state index contributed by atoms with van der Waals surface area (Å²) in [5.41, 5.74) is 1.41. The maximum atomic E-state index is 12.9. The topological polar surface area (TPSA) is 15.3 Å². The van der Waals surface area contributed by atoms with Crippen LogP contribution in [0.1, 0.15) is 29.2 Å². The van der Waals surface area contributed by atoms with Gasteiger partial charge in [0.2, 0.25) is 0 Å². The number of hydrogen-bond acceptors (Lipinski definition) is 3. The highest BCUT2D eigenvalue weighted by Gasteiger charge is 2.31. The van der Waals surface area contributed by atoms with Crippen LogP contribution in [-0.4, -0.2) is 37.3 Å². The van der Waals surface area contributed by atoms with Crippen LogP contribution in [0.15, 0.2) is 53.4 Å². The van der Waals surface area contributed by atoms with Crippen LogP contribution >= 0.6 is 11.8 Å². The zero-order valence-electron chi connectivity index (χ0n) is 14.7. The Morgan fingerprint density at radius 2 is 1.54 bits per heavy atom. The molecule has 1 aliphatic heterocycles. The SMILES string of the molecule is CSc1ccc(C(c2ccc(C(F)(F)F)cc2)N2CCCNCC2)cc1. The van der Waals surface area contributed by atoms with E-state index in [0.29, 0.717) is 0 Å². The van der Waals surface area contributed by atoms with Gasteiger partial charge in [0.25, 0.3) is 0 Å². The second kappa shape index (κ2) is 8.46. The average molecular weight is 380 g/mol. The Morgan fingerprint density at radius 1 is 0.923 bits per heavy atom. The highest BCUT2D eigenvalue weighted by atomic mass is 32.2. The van der Waals surface area contributed by atoms with Gasteiger partial charge in [0, 0.05) is 24.5 Å². The summed E-state index contributed by atoms with van der Waals surface area (Å²) in [6.07, 6.45) is -1.25. The predicted octanol–water partition coefficient (Wildman–Crippen LogP) is 4.81. The van der Waals surface area contributed by atoms with E-state index >= 15 is 0 Å². The predicted molar refractivity (Wildman–Crippen MR) is 101 cm³/mol. The van der Waals surface area contributed by atoms with Crippen LogP contribution in [-0.2, 0) is 6.18 Å². The van der Waals surface area contributed by atoms with Gasteiger partial charge >= 0.3 is 6.18 Å². The summed E-state index contributed by atoms with van der Waals surface area (Å²) in [5.74, 6) is 0. The second-order valence-corrected chi connectivity index (χ2v) is 7.31. The molecule has 1 fully saturated rings. The van der Waals surface area contributed by atoms with Gasteiger partial charge in [-0.3, -0.25) is 4.90 Å². The number of alkyl halides is 3. The van der Waals surface area contributed by atoms with Crippen LogP contribution in [0, 0.1) is 0 Å². The Morgan fingerprint density at radius 3 is 2.12 bits per heavy atom. The van der Waals surface area contributed by atoms with Crippen LogP contribution in [0.5, 0.6) is 0 Å². The Labute approximate surface area is 156 Å². The molecule has 0 aromatic heterocycles. The molecule has 1 N–H and O–H groups in total. The minimum absolute atomic E-state index is 0.0342. The third-order valence-electron chi connectivity index (χ3n) is 4.73. The summed E-state index contributed by atoms with van der Waals surface area (Å²) in [5, 5.41) is 3.39. The van der Waals surface area contributed by atoms with Crippen molar-refractivity contribution in [3.8, 4) is 0 Å². The molecule has 0 amide bonds. The summed E-state index contributed by atoms with van der Waals surface area (Å²) >= 11 is 1.68. The van der Waals surface area contributed by atoms with Crippen molar-refractivity contribution in [2.24, 2.45) is 0 Å². The molecule has 1 aliphatic rings. The largest absolute Gasteiger partial charge is 0.416 e. The molecule has 1 saturated heterocycles. The summed E-state index contributed by atoms with van der Waals surface area (Å²) < 4.78 is 38.7. The number of nitrogens with zero attached hydrogens (tertiary/aromatic N) is 1. The molecular weight excluding hydrogens is 357 g/mol. The number of thioether (sulfide) groups is 1. The van der Waals surface area contributed by atoms with Crippen LogP contribution in [0.4, 0.5) is 13.2 Å². The lowest BCUT2D eigenvalue weighted by molar-refractivity contribution is -0.137. The zero-order chi connectivity index (χ0) is 18.6. The van der Waals surface area contributed by atoms with Gasteiger partial charge in [0.1, 0.15) is 0 Å². The van der Waals surface area contributed by atoms with Crippen molar-refractivity contribution in [3.05, 3.63) is 65.2 Å². The van der Waals surface area contributed by atoms with Crippen LogP contribution < -0.4 is 5.32 Å². The summed E-state index contributed by atoms with van der Waals surface area (Å²) in [4.78, 5) is 3.54. The van der Waals surface area contributed by atoms with Gasteiger partial charge in [0.05, 0.1) is 11.6 Å². The molecule has 26 heavy (non-hydrogen) atoms. The molecule has 0 bridgehead atoms. The number of halogens is 3. The lowest BCUT2D eigenvalue weighted by Crippen LogP contribution is -2.33. The van der Waals surface area contributed by atoms with Gasteiger partial charge in [0.15, 0.2) is 0 Å². The molecule has 6 heteroatoms. The molecule has 0 radical (unpaired) electrons. The standard InChI is InChI=1S/C20H23F3N2S/c1-26-18-9-5-16(6-10-18)19(25-13-2-11-24-12-14-25)15-3-7-17(8-4-15)20(21,22)23/h3-10,19,24H,2,11-14H2,1H3. The van der Waals surface area contributed by atoms with E-state index in [0.717, 1.165) is 43.7 Å². The van der Waals surface area contributed by atoms with Gasteiger partial charge in [-0.25, -0.2) is 0 Å². The first-order chi connectivity index (χ1) is 12.5. The minimum Gasteiger partial charge on any atom is -0.315 e. The molecule has 0 aliphatic carbocycles. The maximum absolute atomic E-state index is 12.9. The Hall–Kier alpha value is -1.50. The number of rotatable bonds is 4. The lowest BCUT2D eigenvalue weighted by Gasteiger charge is -2.31. The summed E-state index contributed by atoms with van der Waals surface area (Å²) in [7, 11) is 0. The van der Waals surface area contributed by atoms with E-state index in [1.165, 1.54) is 17.0 Å². The van der Waals surface area contributed by atoms with E-state index in [4.69, 9.17) is 0 Å². The molecule has 0 spiro atoms. The van der Waals surface area contributed by atoms with E-state index < -0.39 is 11.7 Å². The Kier molecular flexibility index (Phi) is 6.27. The van der Waals surface area contributed by atoms with E-state index in [1.807, 2.05) is 6.26 Å². The first-order valence-corrected chi connectivity index (χ1v) is 9.97. The van der Waals surface area contributed by atoms with Crippen molar-refractivity contribution >= 4 is 11.8 Å². The van der Waals surface area contributed by atoms with Gasteiger partial charge in [-0.15, -0.1) is 11.8 Å². The van der Waals surface area contributed by atoms with Crippen molar-refractivity contribution in [3.63, 3.8) is 0 Å². The molecule has 2 nitrogen and oxygen atoms in total. The third-order valence-corrected chi connectivity index (χ3v) is 5.47. The smallest absolute Gasteiger partial charge is 0.315 e. The third kappa shape index (κ3) is 4.61. The van der Waals surface area contributed by atoms with Crippen molar-refractivity contribution in [2.45, 2.75) is 23.5 Å². The molecule has 0 saturated carbocycles. The number of benzene rings is 2. The van der Waals surface area contributed by atoms with Gasteiger partial charge in [-0.2, -0.15) is 13.2 Å². The lowest BCUT2D eigenvalue weighted by atomic mass is 9.95. The van der Waals surface area contributed by atoms with Crippen molar-refractivity contribution in [1.29, 1.82) is 0 Å². The van der Waals surface area contributed by atoms with E-state index in [1.54, 1.807) is 23.9 Å². The molecule has 1 unspecified atom stereocenters. The highest BCUT2D eigenvalue weighted by molar-refractivity contribution is 7.98. The highest BCUT2D eigenvalue weighted by Crippen LogP contribution is 2.34. The zero-order valence-corrected chi connectivity index (χ0v) is 15.5. The quantitative estimate of drug-likeness (QED) is 0.766. The Balaban J connectivity index is 1.96. The number of hydrogen-bond donors (Lipinski definition) is 1. The fourth-order valence-electron chi connectivity index (χ4n) is 3.38. The van der Waals surface area contributed by atoms with Crippen molar-refractivity contribution in [1.82, 2.24) is 10.2 Å². The monoisotopic (exact) mass is 380 g/mol. The minimum atomic E-state index is -4.31. The normalized spacial score (nSPS) is 17.7. The molecule has 1 heterocycles. The first-order valence-electron chi connectivity index (χ1n) is 8.75. The molecular formula is C20H23F3N2S. The van der Waals surface area contributed by atoms with Crippen LogP contribution in [0.2, 0.25) is 0 Å². The van der Waals surface area contributed by atoms with E-state index in [2.05, 4.69) is 34.5 Å². The average Bonchev–Trinajstić information content (AvgIpc) is 2.92. The Bertz CT molecular complexity index is 690. The molecule has 140 valence electrons. The van der Waals surface area contributed by atoms with Crippen molar-refractivity contribution < 1.29 is 13.2 Å². The first kappa shape index (κ1) is 19.3. The fraction of sp³-hybridized carbons (Fsp3) is 0.400. The van der Waals surface area contributed by atoms with Crippen LogP contribution in [0.3, 0.4) is 0 Å². The van der Waals surface area contributed by atoms with E-state index in [9.17, 15) is 13.2 Å². The van der Waals surface area contributed by atoms with Gasteiger partial charge in [-0.1, -0.05) is 24.3 Å². The fourth-order valence-corrected chi connectivity index (χ4v) is 3.79. The molecule has 2 aromatic rings. The summed E-state index contributed by atoms with van der Waals surface area (Å²) in [6, 6.07) is 13.9. The molecule has 2 aromatic carbocycles. The van der Waals surface area contributed by atoms with Gasteiger partial charge < -0.3 is 5.32 Å². The van der Waals surface area contributed by atoms with Gasteiger partial charge in [-0.05, 0) is 54.6 Å². The summed E-state index contributed by atoms with van der Waals surface area (Å²) in [6.45, 7) is 3.65. The molecule has 1 atom stereocenters. The number of nitrogens with one attached hydrogen (secondary N) is 1.